The first kappa shape index (κ1) is 10.2. The molecule has 0 aromatic heterocycles. The molecule has 1 aliphatic rings. The molecule has 3 nitrogen and oxygen atoms in total. The summed E-state index contributed by atoms with van der Waals surface area (Å²) in [6, 6.07) is 5.98. The van der Waals surface area contributed by atoms with Gasteiger partial charge < -0.3 is 14.8 Å². The summed E-state index contributed by atoms with van der Waals surface area (Å²) in [5.41, 5.74) is 1.12. The molecule has 4 heteroatoms. The Balaban J connectivity index is 0.00000162. The Bertz CT molecular complexity index is 411. The Hall–Kier alpha value is -0.930. The van der Waals surface area contributed by atoms with E-state index >= 15 is 0 Å². The SMILES string of the molecule is Cl.[2H]C1([2H])Oc2ccc(CC(CC)NC)cc2O1. The molecule has 16 heavy (non-hydrogen) atoms. The lowest BCUT2D eigenvalue weighted by Gasteiger charge is -2.13. The van der Waals surface area contributed by atoms with Gasteiger partial charge in [-0.1, -0.05) is 13.0 Å². The van der Waals surface area contributed by atoms with Gasteiger partial charge in [0.2, 0.25) is 6.75 Å². The van der Waals surface area contributed by atoms with Crippen LogP contribution < -0.4 is 14.8 Å². The quantitative estimate of drug-likeness (QED) is 0.884. The summed E-state index contributed by atoms with van der Waals surface area (Å²) in [5, 5.41) is 3.24. The van der Waals surface area contributed by atoms with Gasteiger partial charge in [-0.15, -0.1) is 12.4 Å². The monoisotopic (exact) mass is 245 g/mol. The Morgan fingerprint density at radius 2 is 2.19 bits per heavy atom. The van der Waals surface area contributed by atoms with Crippen molar-refractivity contribution in [2.24, 2.45) is 0 Å². The summed E-state index contributed by atoms with van der Waals surface area (Å²) in [7, 11) is 1.94. The van der Waals surface area contributed by atoms with Crippen LogP contribution in [0.25, 0.3) is 0 Å². The predicted octanol–water partition coefficient (Wildman–Crippen LogP) is 2.38. The largest absolute Gasteiger partial charge is 0.454 e. The molecule has 0 saturated carbocycles. The van der Waals surface area contributed by atoms with Gasteiger partial charge in [0.05, 0.1) is 0 Å². The van der Waals surface area contributed by atoms with Crippen molar-refractivity contribution in [2.45, 2.75) is 25.8 Å². The number of hydrogen-bond donors (Lipinski definition) is 1. The van der Waals surface area contributed by atoms with E-state index < -0.39 is 6.75 Å². The highest BCUT2D eigenvalue weighted by Gasteiger charge is 2.14. The number of fused-ring (bicyclic) bond motifs is 1. The maximum absolute atomic E-state index is 7.37. The number of hydrogen-bond acceptors (Lipinski definition) is 3. The molecule has 0 radical (unpaired) electrons. The second-order valence-electron chi connectivity index (χ2n) is 3.67. The molecule has 0 bridgehead atoms. The molecular weight excluding hydrogens is 226 g/mol. The molecule has 0 amide bonds. The van der Waals surface area contributed by atoms with Crippen LogP contribution in [0, 0.1) is 0 Å². The van der Waals surface area contributed by atoms with E-state index in [9.17, 15) is 0 Å². The van der Waals surface area contributed by atoms with Gasteiger partial charge in [-0.3, -0.25) is 0 Å². The van der Waals surface area contributed by atoms with E-state index in [1.807, 2.05) is 19.2 Å². The maximum Gasteiger partial charge on any atom is 0.231 e. The third-order valence-electron chi connectivity index (χ3n) is 2.69. The summed E-state index contributed by atoms with van der Waals surface area (Å²) < 4.78 is 24.8. The normalized spacial score (nSPS) is 19.4. The highest BCUT2D eigenvalue weighted by molar-refractivity contribution is 5.85. The van der Waals surface area contributed by atoms with Crippen LogP contribution >= 0.6 is 12.4 Å². The zero-order valence-electron chi connectivity index (χ0n) is 11.4. The average molecular weight is 246 g/mol. The van der Waals surface area contributed by atoms with Crippen LogP contribution in [0.1, 0.15) is 21.6 Å². The molecule has 1 aliphatic heterocycles. The Labute approximate surface area is 105 Å². The van der Waals surface area contributed by atoms with E-state index in [0.29, 0.717) is 17.5 Å². The van der Waals surface area contributed by atoms with Crippen LogP contribution in [0.4, 0.5) is 0 Å². The van der Waals surface area contributed by atoms with Crippen LogP contribution in [-0.4, -0.2) is 19.8 Å². The van der Waals surface area contributed by atoms with Gasteiger partial charge >= 0.3 is 0 Å². The van der Waals surface area contributed by atoms with Gasteiger partial charge in [-0.05, 0) is 37.6 Å². The van der Waals surface area contributed by atoms with Gasteiger partial charge in [0.15, 0.2) is 11.5 Å². The van der Waals surface area contributed by atoms with Crippen molar-refractivity contribution in [1.82, 2.24) is 5.32 Å². The van der Waals surface area contributed by atoms with E-state index in [-0.39, 0.29) is 12.4 Å². The molecule has 1 atom stereocenters. The molecule has 2 rings (SSSR count). The third kappa shape index (κ3) is 2.80. The minimum atomic E-state index is -2.03. The van der Waals surface area contributed by atoms with Gasteiger partial charge in [0.25, 0.3) is 0 Å². The first-order chi connectivity index (χ1) is 8.04. The van der Waals surface area contributed by atoms with Crippen LogP contribution in [-0.2, 0) is 6.42 Å². The van der Waals surface area contributed by atoms with E-state index in [0.717, 1.165) is 18.4 Å². The smallest absolute Gasteiger partial charge is 0.231 e. The Morgan fingerprint density at radius 1 is 1.44 bits per heavy atom. The maximum atomic E-state index is 7.37. The van der Waals surface area contributed by atoms with Crippen LogP contribution in [0.2, 0.25) is 0 Å². The molecule has 1 aromatic carbocycles. The number of likely N-dealkylation sites (N-methyl/N-ethyl adjacent to an activating group) is 1. The molecule has 0 spiro atoms. The third-order valence-corrected chi connectivity index (χ3v) is 2.69. The van der Waals surface area contributed by atoms with E-state index in [1.165, 1.54) is 0 Å². The van der Waals surface area contributed by atoms with Gasteiger partial charge in [0, 0.05) is 6.04 Å². The first-order valence-corrected chi connectivity index (χ1v) is 5.22. The number of halogens is 1. The summed E-state index contributed by atoms with van der Waals surface area (Å²) >= 11 is 0. The molecule has 1 unspecified atom stereocenters. The fourth-order valence-electron chi connectivity index (χ4n) is 1.69. The Kier molecular flexibility index (Phi) is 3.82. The summed E-state index contributed by atoms with van der Waals surface area (Å²) in [6.07, 6.45) is 1.94. The number of rotatable bonds is 4. The molecule has 1 heterocycles. The number of nitrogens with one attached hydrogen (secondary N) is 1. The number of ether oxygens (including phenoxy) is 2. The van der Waals surface area contributed by atoms with Crippen molar-refractivity contribution in [3.8, 4) is 11.5 Å². The van der Waals surface area contributed by atoms with Crippen molar-refractivity contribution >= 4 is 12.4 Å². The van der Waals surface area contributed by atoms with Gasteiger partial charge in [0.1, 0.15) is 2.74 Å². The highest BCUT2D eigenvalue weighted by Crippen LogP contribution is 2.32. The Morgan fingerprint density at radius 3 is 2.88 bits per heavy atom. The van der Waals surface area contributed by atoms with Gasteiger partial charge in [-0.25, -0.2) is 0 Å². The molecular formula is C12H18ClNO2. The average Bonchev–Trinajstić information content (AvgIpc) is 2.58. The van der Waals surface area contributed by atoms with E-state index in [2.05, 4.69) is 12.2 Å². The van der Waals surface area contributed by atoms with Crippen LogP contribution in [0.3, 0.4) is 0 Å². The van der Waals surface area contributed by atoms with Crippen LogP contribution in [0.5, 0.6) is 11.5 Å². The van der Waals surface area contributed by atoms with Crippen molar-refractivity contribution in [1.29, 1.82) is 0 Å². The topological polar surface area (TPSA) is 30.5 Å². The standard InChI is InChI=1S/C12H17NO2.ClH/c1-3-10(13-2)6-9-4-5-11-12(7-9)15-8-14-11;/h4-5,7,10,13H,3,6,8H2,1-2H3;1H/i8D2;. The molecule has 0 saturated heterocycles. The minimum absolute atomic E-state index is 0. The van der Waals surface area contributed by atoms with Crippen LogP contribution in [0.15, 0.2) is 18.2 Å². The molecule has 90 valence electrons. The lowest BCUT2D eigenvalue weighted by molar-refractivity contribution is 0.174. The second-order valence-corrected chi connectivity index (χ2v) is 3.67. The highest BCUT2D eigenvalue weighted by atomic mass is 35.5. The summed E-state index contributed by atoms with van der Waals surface area (Å²) in [4.78, 5) is 0. The zero-order chi connectivity index (χ0) is 12.5. The second kappa shape index (κ2) is 5.97. The fourth-order valence-corrected chi connectivity index (χ4v) is 1.69. The lowest BCUT2D eigenvalue weighted by Crippen LogP contribution is -2.26. The molecule has 1 aromatic rings. The molecule has 0 aliphatic carbocycles. The predicted molar refractivity (Wildman–Crippen MR) is 66.7 cm³/mol. The van der Waals surface area contributed by atoms with Crippen molar-refractivity contribution in [3.63, 3.8) is 0 Å². The minimum Gasteiger partial charge on any atom is -0.454 e. The van der Waals surface area contributed by atoms with Crippen molar-refractivity contribution in [2.75, 3.05) is 13.8 Å². The summed E-state index contributed by atoms with van der Waals surface area (Å²) in [5.74, 6) is 0.953. The molecule has 0 fully saturated rings. The van der Waals surface area contributed by atoms with Crippen molar-refractivity contribution in [3.05, 3.63) is 23.8 Å². The summed E-state index contributed by atoms with van der Waals surface area (Å²) in [6.45, 7) is 0.0981. The van der Waals surface area contributed by atoms with E-state index in [1.54, 1.807) is 6.07 Å². The number of benzene rings is 1. The first-order valence-electron chi connectivity index (χ1n) is 6.22. The van der Waals surface area contributed by atoms with Crippen molar-refractivity contribution < 1.29 is 12.2 Å². The lowest BCUT2D eigenvalue weighted by atomic mass is 10.0. The van der Waals surface area contributed by atoms with Gasteiger partial charge in [-0.2, -0.15) is 0 Å². The zero-order valence-corrected chi connectivity index (χ0v) is 10.3. The fraction of sp³-hybridized carbons (Fsp3) is 0.500. The molecule has 1 N–H and O–H groups in total. The van der Waals surface area contributed by atoms with E-state index in [4.69, 9.17) is 12.2 Å².